The van der Waals surface area contributed by atoms with Gasteiger partial charge in [0, 0.05) is 47.4 Å². The Balaban J connectivity index is 1.48. The predicted molar refractivity (Wildman–Crippen MR) is 107 cm³/mol. The fourth-order valence-corrected chi connectivity index (χ4v) is 3.47. The van der Waals surface area contributed by atoms with Crippen LogP contribution in [0.2, 0.25) is 5.02 Å². The van der Waals surface area contributed by atoms with E-state index in [1.54, 1.807) is 22.9 Å². The van der Waals surface area contributed by atoms with Crippen molar-refractivity contribution >= 4 is 29.3 Å². The van der Waals surface area contributed by atoms with Crippen LogP contribution in [0.3, 0.4) is 0 Å². The normalized spacial score (nSPS) is 10.7. The molecule has 134 valence electrons. The van der Waals surface area contributed by atoms with Crippen LogP contribution in [0, 0.1) is 0 Å². The first-order chi connectivity index (χ1) is 12.6. The lowest BCUT2D eigenvalue weighted by Gasteiger charge is -2.16. The van der Waals surface area contributed by atoms with E-state index in [9.17, 15) is 4.79 Å². The minimum atomic E-state index is 0.124. The maximum absolute atomic E-state index is 12.3. The molecule has 0 saturated carbocycles. The van der Waals surface area contributed by atoms with Crippen LogP contribution < -0.4 is 0 Å². The highest BCUT2D eigenvalue weighted by atomic mass is 35.5. The molecule has 2 aromatic carbocycles. The fourth-order valence-electron chi connectivity index (χ4n) is 2.50. The molecule has 0 spiro atoms. The third-order valence-corrected chi connectivity index (χ3v) is 5.17. The minimum Gasteiger partial charge on any atom is -0.341 e. The van der Waals surface area contributed by atoms with Gasteiger partial charge in [-0.15, -0.1) is 11.8 Å². The van der Waals surface area contributed by atoms with Crippen molar-refractivity contribution in [2.45, 2.75) is 17.9 Å². The van der Waals surface area contributed by atoms with Gasteiger partial charge in [-0.1, -0.05) is 29.8 Å². The summed E-state index contributed by atoms with van der Waals surface area (Å²) in [7, 11) is 1.83. The first kappa shape index (κ1) is 18.5. The lowest BCUT2D eigenvalue weighted by molar-refractivity contribution is -0.129. The van der Waals surface area contributed by atoms with Gasteiger partial charge in [0.15, 0.2) is 0 Å². The van der Waals surface area contributed by atoms with Crippen LogP contribution >= 0.6 is 23.4 Å². The average Bonchev–Trinajstić information content (AvgIpc) is 3.12. The summed E-state index contributed by atoms with van der Waals surface area (Å²) in [6.45, 7) is 0.553. The molecule has 1 aromatic heterocycles. The Morgan fingerprint density at radius 1 is 1.15 bits per heavy atom. The summed E-state index contributed by atoms with van der Waals surface area (Å²) in [5, 5.41) is 5.09. The number of thioether (sulfide) groups is 1. The Kier molecular flexibility index (Phi) is 6.36. The second-order valence-electron chi connectivity index (χ2n) is 5.93. The van der Waals surface area contributed by atoms with E-state index in [1.807, 2.05) is 72.5 Å². The second kappa shape index (κ2) is 8.92. The van der Waals surface area contributed by atoms with Gasteiger partial charge in [-0.25, -0.2) is 4.68 Å². The Morgan fingerprint density at radius 2 is 1.88 bits per heavy atom. The van der Waals surface area contributed by atoms with Crippen molar-refractivity contribution in [3.05, 3.63) is 77.6 Å². The number of hydrogen-bond acceptors (Lipinski definition) is 3. The molecule has 4 nitrogen and oxygen atoms in total. The number of halogens is 1. The van der Waals surface area contributed by atoms with E-state index in [0.717, 1.165) is 26.9 Å². The molecule has 1 heterocycles. The van der Waals surface area contributed by atoms with Gasteiger partial charge in [-0.05, 0) is 36.4 Å². The monoisotopic (exact) mass is 385 g/mol. The number of nitrogens with zero attached hydrogens (tertiary/aromatic N) is 3. The molecule has 3 rings (SSSR count). The summed E-state index contributed by atoms with van der Waals surface area (Å²) in [5.41, 5.74) is 2.02. The Bertz CT molecular complexity index is 849. The van der Waals surface area contributed by atoms with Crippen molar-refractivity contribution in [3.63, 3.8) is 0 Å². The van der Waals surface area contributed by atoms with Crippen molar-refractivity contribution in [1.29, 1.82) is 0 Å². The van der Waals surface area contributed by atoms with Gasteiger partial charge >= 0.3 is 0 Å². The van der Waals surface area contributed by atoms with E-state index in [2.05, 4.69) is 5.10 Å². The number of benzene rings is 2. The molecular formula is C20H20ClN3OS. The number of rotatable bonds is 7. The molecule has 0 aliphatic rings. The van der Waals surface area contributed by atoms with E-state index in [1.165, 1.54) is 0 Å². The zero-order chi connectivity index (χ0) is 18.4. The molecule has 0 radical (unpaired) electrons. The number of para-hydroxylation sites is 1. The van der Waals surface area contributed by atoms with Crippen molar-refractivity contribution in [2.75, 3.05) is 12.8 Å². The van der Waals surface area contributed by atoms with Crippen molar-refractivity contribution < 1.29 is 4.79 Å². The highest BCUT2D eigenvalue weighted by Crippen LogP contribution is 2.21. The third-order valence-electron chi connectivity index (χ3n) is 3.90. The number of hydrogen-bond donors (Lipinski definition) is 0. The molecule has 0 fully saturated rings. The maximum atomic E-state index is 12.3. The Morgan fingerprint density at radius 3 is 2.62 bits per heavy atom. The Hall–Kier alpha value is -2.24. The molecular weight excluding hydrogens is 366 g/mol. The molecule has 0 aliphatic heterocycles. The fraction of sp³-hybridized carbons (Fsp3) is 0.200. The Labute approximate surface area is 162 Å². The van der Waals surface area contributed by atoms with E-state index >= 15 is 0 Å². The summed E-state index contributed by atoms with van der Waals surface area (Å²) in [5.74, 6) is 0.868. The van der Waals surface area contributed by atoms with Gasteiger partial charge in [-0.3, -0.25) is 4.79 Å². The minimum absolute atomic E-state index is 0.124. The summed E-state index contributed by atoms with van der Waals surface area (Å²) in [6.07, 6.45) is 4.26. The molecule has 0 aliphatic carbocycles. The van der Waals surface area contributed by atoms with E-state index in [4.69, 9.17) is 11.6 Å². The van der Waals surface area contributed by atoms with Crippen LogP contribution in [0.4, 0.5) is 0 Å². The molecule has 0 atom stereocenters. The van der Waals surface area contributed by atoms with Gasteiger partial charge in [0.05, 0.1) is 11.9 Å². The molecule has 1 amide bonds. The molecule has 3 aromatic rings. The zero-order valence-corrected chi connectivity index (χ0v) is 16.1. The van der Waals surface area contributed by atoms with Crippen LogP contribution in [-0.4, -0.2) is 33.4 Å². The SMILES string of the molecule is CN(Cc1cnn(-c2ccccc2)c1)C(=O)CCSc1ccc(Cl)cc1. The highest BCUT2D eigenvalue weighted by Gasteiger charge is 2.11. The first-order valence-corrected chi connectivity index (χ1v) is 9.69. The first-order valence-electron chi connectivity index (χ1n) is 8.33. The third kappa shape index (κ3) is 5.13. The maximum Gasteiger partial charge on any atom is 0.223 e. The van der Waals surface area contributed by atoms with E-state index in [0.29, 0.717) is 13.0 Å². The lowest BCUT2D eigenvalue weighted by Crippen LogP contribution is -2.26. The van der Waals surface area contributed by atoms with Gasteiger partial charge < -0.3 is 4.90 Å². The largest absolute Gasteiger partial charge is 0.341 e. The van der Waals surface area contributed by atoms with Crippen LogP contribution in [-0.2, 0) is 11.3 Å². The molecule has 6 heteroatoms. The number of amides is 1. The molecule has 0 saturated heterocycles. The van der Waals surface area contributed by atoms with Gasteiger partial charge in [0.2, 0.25) is 5.91 Å². The second-order valence-corrected chi connectivity index (χ2v) is 7.54. The van der Waals surface area contributed by atoms with Crippen LogP contribution in [0.15, 0.2) is 71.9 Å². The number of carbonyl (C=O) groups excluding carboxylic acids is 1. The molecule has 26 heavy (non-hydrogen) atoms. The standard InChI is InChI=1S/C20H20ClN3OS/c1-23(20(25)11-12-26-19-9-7-17(21)8-10-19)14-16-13-22-24(15-16)18-5-3-2-4-6-18/h2-10,13,15H,11-12,14H2,1H3. The summed E-state index contributed by atoms with van der Waals surface area (Å²) >= 11 is 7.54. The lowest BCUT2D eigenvalue weighted by atomic mass is 10.3. The topological polar surface area (TPSA) is 38.1 Å². The van der Waals surface area contributed by atoms with E-state index in [-0.39, 0.29) is 5.91 Å². The van der Waals surface area contributed by atoms with E-state index < -0.39 is 0 Å². The van der Waals surface area contributed by atoms with Crippen molar-refractivity contribution in [2.24, 2.45) is 0 Å². The highest BCUT2D eigenvalue weighted by molar-refractivity contribution is 7.99. The molecule has 0 N–H and O–H groups in total. The quantitative estimate of drug-likeness (QED) is 0.555. The summed E-state index contributed by atoms with van der Waals surface area (Å²) in [6, 6.07) is 17.6. The zero-order valence-electron chi connectivity index (χ0n) is 14.5. The summed E-state index contributed by atoms with van der Waals surface area (Å²) in [4.78, 5) is 15.2. The van der Waals surface area contributed by atoms with Gasteiger partial charge in [-0.2, -0.15) is 5.10 Å². The molecule has 0 unspecified atom stereocenters. The average molecular weight is 386 g/mol. The predicted octanol–water partition coefficient (Wildman–Crippen LogP) is 4.67. The van der Waals surface area contributed by atoms with Crippen LogP contribution in [0.25, 0.3) is 5.69 Å². The van der Waals surface area contributed by atoms with Gasteiger partial charge in [0.25, 0.3) is 0 Å². The summed E-state index contributed by atoms with van der Waals surface area (Å²) < 4.78 is 1.82. The molecule has 0 bridgehead atoms. The van der Waals surface area contributed by atoms with Crippen molar-refractivity contribution in [1.82, 2.24) is 14.7 Å². The van der Waals surface area contributed by atoms with Crippen LogP contribution in [0.5, 0.6) is 0 Å². The number of aromatic nitrogens is 2. The van der Waals surface area contributed by atoms with Gasteiger partial charge in [0.1, 0.15) is 0 Å². The smallest absolute Gasteiger partial charge is 0.223 e. The number of carbonyl (C=O) groups is 1. The van der Waals surface area contributed by atoms with Crippen LogP contribution in [0.1, 0.15) is 12.0 Å². The van der Waals surface area contributed by atoms with Crippen molar-refractivity contribution in [3.8, 4) is 5.69 Å².